The maximum absolute atomic E-state index is 12.2. The average Bonchev–Trinajstić information content (AvgIpc) is 3.23. The zero-order valence-corrected chi connectivity index (χ0v) is 12.5. The van der Waals surface area contributed by atoms with Crippen LogP contribution in [0.2, 0.25) is 0 Å². The second-order valence-electron chi connectivity index (χ2n) is 5.94. The molecule has 0 spiro atoms. The molecule has 1 aliphatic heterocycles. The van der Waals surface area contributed by atoms with E-state index >= 15 is 0 Å². The fraction of sp³-hybridized carbons (Fsp3) is 0.933. The zero-order valence-electron chi connectivity index (χ0n) is 12.5. The fourth-order valence-corrected chi connectivity index (χ4v) is 3.00. The molecule has 19 heavy (non-hydrogen) atoms. The largest absolute Gasteiger partial charge is 0.339 e. The van der Waals surface area contributed by atoms with Crippen molar-refractivity contribution in [3.05, 3.63) is 0 Å². The Kier molecular flexibility index (Phi) is 5.64. The number of rotatable bonds is 7. The predicted octanol–water partition coefficient (Wildman–Crippen LogP) is 1.32. The Morgan fingerprint density at radius 1 is 1.21 bits per heavy atom. The lowest BCUT2D eigenvalue weighted by Gasteiger charge is -2.33. The Labute approximate surface area is 117 Å². The van der Waals surface area contributed by atoms with E-state index in [0.717, 1.165) is 38.6 Å². The first kappa shape index (κ1) is 14.8. The van der Waals surface area contributed by atoms with Crippen molar-refractivity contribution in [1.82, 2.24) is 15.1 Å². The zero-order chi connectivity index (χ0) is 13.7. The average molecular weight is 267 g/mol. The quantitative estimate of drug-likeness (QED) is 0.755. The van der Waals surface area contributed by atoms with Gasteiger partial charge >= 0.3 is 0 Å². The molecule has 1 aliphatic carbocycles. The molecule has 110 valence electrons. The van der Waals surface area contributed by atoms with Crippen molar-refractivity contribution >= 4 is 5.91 Å². The van der Waals surface area contributed by atoms with Gasteiger partial charge in [0.15, 0.2) is 0 Å². The van der Waals surface area contributed by atoms with Crippen molar-refractivity contribution in [2.24, 2.45) is 5.92 Å². The van der Waals surface area contributed by atoms with Crippen LogP contribution in [0, 0.1) is 5.92 Å². The molecule has 1 saturated heterocycles. The molecular weight excluding hydrogens is 238 g/mol. The number of amides is 1. The number of hydrogen-bond acceptors (Lipinski definition) is 3. The molecule has 0 radical (unpaired) electrons. The molecule has 4 nitrogen and oxygen atoms in total. The number of likely N-dealkylation sites (N-methyl/N-ethyl adjacent to an activating group) is 1. The lowest BCUT2D eigenvalue weighted by atomic mass is 9.97. The van der Waals surface area contributed by atoms with Gasteiger partial charge in [-0.05, 0) is 64.7 Å². The van der Waals surface area contributed by atoms with Gasteiger partial charge in [0.05, 0.1) is 6.54 Å². The van der Waals surface area contributed by atoms with Gasteiger partial charge in [0.2, 0.25) is 5.91 Å². The monoisotopic (exact) mass is 267 g/mol. The lowest BCUT2D eigenvalue weighted by molar-refractivity contribution is -0.133. The molecule has 0 unspecified atom stereocenters. The molecule has 2 fully saturated rings. The Morgan fingerprint density at radius 3 is 2.42 bits per heavy atom. The minimum absolute atomic E-state index is 0.343. The van der Waals surface area contributed by atoms with Gasteiger partial charge in [0.1, 0.15) is 0 Å². The highest BCUT2D eigenvalue weighted by Crippen LogP contribution is 2.27. The Hall–Kier alpha value is -0.610. The molecule has 0 aromatic heterocycles. The number of nitrogens with zero attached hydrogens (tertiary/aromatic N) is 2. The van der Waals surface area contributed by atoms with Crippen LogP contribution < -0.4 is 5.32 Å². The summed E-state index contributed by atoms with van der Waals surface area (Å²) < 4.78 is 0. The Balaban J connectivity index is 1.68. The molecular formula is C15H29N3O. The first-order chi connectivity index (χ1) is 9.24. The molecule has 0 atom stereocenters. The summed E-state index contributed by atoms with van der Waals surface area (Å²) in [6, 6.07) is 0.559. The summed E-state index contributed by atoms with van der Waals surface area (Å²) in [4.78, 5) is 16.7. The number of likely N-dealkylation sites (tertiary alicyclic amines) is 1. The van der Waals surface area contributed by atoms with Crippen molar-refractivity contribution in [2.45, 2.75) is 45.6 Å². The molecule has 2 aliphatic rings. The van der Waals surface area contributed by atoms with Gasteiger partial charge in [0.25, 0.3) is 0 Å². The van der Waals surface area contributed by atoms with Crippen LogP contribution >= 0.6 is 0 Å². The Morgan fingerprint density at radius 2 is 1.89 bits per heavy atom. The highest BCUT2D eigenvalue weighted by atomic mass is 16.2. The standard InChI is InChI=1S/C15H29N3O/c1-3-16-11-13-7-9-17(10-8-13)12-15(19)18(4-2)14-5-6-14/h13-14,16H,3-12H2,1-2H3. The van der Waals surface area contributed by atoms with Crippen LogP contribution in [0.1, 0.15) is 39.5 Å². The lowest BCUT2D eigenvalue weighted by Crippen LogP contribution is -2.45. The second-order valence-corrected chi connectivity index (χ2v) is 5.94. The molecule has 1 saturated carbocycles. The van der Waals surface area contributed by atoms with Crippen LogP contribution in [-0.4, -0.2) is 61.0 Å². The van der Waals surface area contributed by atoms with Crippen LogP contribution in [0.25, 0.3) is 0 Å². The number of carbonyl (C=O) groups is 1. The van der Waals surface area contributed by atoms with Gasteiger partial charge < -0.3 is 10.2 Å². The van der Waals surface area contributed by atoms with E-state index in [2.05, 4.69) is 29.0 Å². The summed E-state index contributed by atoms with van der Waals surface area (Å²) >= 11 is 0. The normalized spacial score (nSPS) is 21.6. The van der Waals surface area contributed by atoms with Crippen molar-refractivity contribution in [2.75, 3.05) is 39.3 Å². The summed E-state index contributed by atoms with van der Waals surface area (Å²) in [5.41, 5.74) is 0. The highest BCUT2D eigenvalue weighted by Gasteiger charge is 2.32. The first-order valence-electron chi connectivity index (χ1n) is 7.97. The van der Waals surface area contributed by atoms with E-state index < -0.39 is 0 Å². The molecule has 0 bridgehead atoms. The third-order valence-corrected chi connectivity index (χ3v) is 4.40. The fourth-order valence-electron chi connectivity index (χ4n) is 3.00. The van der Waals surface area contributed by atoms with E-state index in [1.165, 1.54) is 25.7 Å². The summed E-state index contributed by atoms with van der Waals surface area (Å²) in [6.45, 7) is 10.1. The van der Waals surface area contributed by atoms with E-state index in [9.17, 15) is 4.79 Å². The van der Waals surface area contributed by atoms with Crippen LogP contribution in [-0.2, 0) is 4.79 Å². The third-order valence-electron chi connectivity index (χ3n) is 4.40. The van der Waals surface area contributed by atoms with Crippen molar-refractivity contribution in [1.29, 1.82) is 0 Å². The van der Waals surface area contributed by atoms with Crippen molar-refractivity contribution < 1.29 is 4.79 Å². The van der Waals surface area contributed by atoms with Gasteiger partial charge in [-0.2, -0.15) is 0 Å². The van der Waals surface area contributed by atoms with Gasteiger partial charge in [-0.25, -0.2) is 0 Å². The van der Waals surface area contributed by atoms with Crippen LogP contribution in [0.4, 0.5) is 0 Å². The second kappa shape index (κ2) is 7.25. The Bertz CT molecular complexity index is 283. The van der Waals surface area contributed by atoms with E-state index in [0.29, 0.717) is 18.5 Å². The third kappa shape index (κ3) is 4.46. The SMILES string of the molecule is CCNCC1CCN(CC(=O)N(CC)C2CC2)CC1. The minimum Gasteiger partial charge on any atom is -0.339 e. The van der Waals surface area contributed by atoms with Gasteiger partial charge in [-0.3, -0.25) is 9.69 Å². The van der Waals surface area contributed by atoms with E-state index in [4.69, 9.17) is 0 Å². The molecule has 1 N–H and O–H groups in total. The summed E-state index contributed by atoms with van der Waals surface area (Å²) in [5, 5.41) is 3.43. The van der Waals surface area contributed by atoms with Gasteiger partial charge in [-0.15, -0.1) is 0 Å². The number of piperidine rings is 1. The van der Waals surface area contributed by atoms with Crippen molar-refractivity contribution in [3.8, 4) is 0 Å². The predicted molar refractivity (Wildman–Crippen MR) is 78.1 cm³/mol. The maximum atomic E-state index is 12.2. The maximum Gasteiger partial charge on any atom is 0.236 e. The number of carbonyl (C=O) groups excluding carboxylic acids is 1. The molecule has 1 amide bonds. The number of hydrogen-bond donors (Lipinski definition) is 1. The summed E-state index contributed by atoms with van der Waals surface area (Å²) in [5.74, 6) is 1.15. The van der Waals surface area contributed by atoms with E-state index in [-0.39, 0.29) is 0 Å². The molecule has 2 rings (SSSR count). The molecule has 0 aromatic rings. The van der Waals surface area contributed by atoms with Crippen molar-refractivity contribution in [3.63, 3.8) is 0 Å². The van der Waals surface area contributed by atoms with Crippen LogP contribution in [0.15, 0.2) is 0 Å². The van der Waals surface area contributed by atoms with Crippen LogP contribution in [0.5, 0.6) is 0 Å². The number of nitrogens with one attached hydrogen (secondary N) is 1. The molecule has 4 heteroatoms. The minimum atomic E-state index is 0.343. The topological polar surface area (TPSA) is 35.6 Å². The molecule has 1 heterocycles. The highest BCUT2D eigenvalue weighted by molar-refractivity contribution is 5.78. The smallest absolute Gasteiger partial charge is 0.236 e. The molecule has 0 aromatic carbocycles. The summed E-state index contributed by atoms with van der Waals surface area (Å²) in [6.07, 6.45) is 4.89. The van der Waals surface area contributed by atoms with Gasteiger partial charge in [-0.1, -0.05) is 6.92 Å². The van der Waals surface area contributed by atoms with Gasteiger partial charge in [0, 0.05) is 12.6 Å². The van der Waals surface area contributed by atoms with E-state index in [1.54, 1.807) is 0 Å². The van der Waals surface area contributed by atoms with E-state index in [1.807, 2.05) is 0 Å². The summed E-state index contributed by atoms with van der Waals surface area (Å²) in [7, 11) is 0. The van der Waals surface area contributed by atoms with Crippen LogP contribution in [0.3, 0.4) is 0 Å². The first-order valence-corrected chi connectivity index (χ1v) is 7.97.